The van der Waals surface area contributed by atoms with Gasteiger partial charge in [-0.2, -0.15) is 0 Å². The van der Waals surface area contributed by atoms with E-state index in [1.807, 2.05) is 11.8 Å². The topological polar surface area (TPSA) is 94.2 Å². The number of methoxy groups -OCH3 is 2. The SMILES string of the molecule is COc1cc(OC)c2c(c1Cl)O[C@@]1(C(=O)C=C(NC3CCN(C(C)=O)CC3)C[C@H]1C)C2=O. The molecule has 1 aromatic rings. The largest absolute Gasteiger partial charge is 0.496 e. The molecule has 1 N–H and O–H groups in total. The second kappa shape index (κ2) is 8.31. The minimum Gasteiger partial charge on any atom is -0.496 e. The highest BCUT2D eigenvalue weighted by atomic mass is 35.5. The molecule has 1 spiro atoms. The summed E-state index contributed by atoms with van der Waals surface area (Å²) in [6.45, 7) is 4.77. The van der Waals surface area contributed by atoms with Crippen molar-refractivity contribution in [2.75, 3.05) is 27.3 Å². The first-order valence-electron chi connectivity index (χ1n) is 10.7. The van der Waals surface area contributed by atoms with Crippen LogP contribution in [0.5, 0.6) is 17.2 Å². The molecule has 1 fully saturated rings. The van der Waals surface area contributed by atoms with E-state index in [0.29, 0.717) is 25.3 Å². The van der Waals surface area contributed by atoms with E-state index in [1.54, 1.807) is 6.92 Å². The number of hydrogen-bond donors (Lipinski definition) is 1. The molecule has 8 nitrogen and oxygen atoms in total. The number of carbonyl (C=O) groups excluding carboxylic acids is 3. The van der Waals surface area contributed by atoms with E-state index in [4.69, 9.17) is 25.8 Å². The Morgan fingerprint density at radius 3 is 2.44 bits per heavy atom. The molecule has 0 saturated carbocycles. The van der Waals surface area contributed by atoms with Crippen molar-refractivity contribution < 1.29 is 28.6 Å². The first-order valence-corrected chi connectivity index (χ1v) is 11.1. The van der Waals surface area contributed by atoms with Crippen LogP contribution in [0.1, 0.15) is 43.5 Å². The van der Waals surface area contributed by atoms with Crippen LogP contribution in [-0.4, -0.2) is 61.3 Å². The van der Waals surface area contributed by atoms with Crippen molar-refractivity contribution in [1.29, 1.82) is 0 Å². The highest BCUT2D eigenvalue weighted by Crippen LogP contribution is 2.52. The zero-order valence-corrected chi connectivity index (χ0v) is 19.4. The molecule has 0 radical (unpaired) electrons. The first-order chi connectivity index (χ1) is 15.2. The standard InChI is InChI=1S/C23H27ClN2O6/c1-12-9-15(25-14-5-7-26(8-6-14)13(2)27)10-18(28)23(12)22(29)19-16(30-3)11-17(31-4)20(24)21(19)32-23/h10-12,14,25H,5-9H2,1-4H3/t12-,23+/m1/s1. The van der Waals surface area contributed by atoms with Gasteiger partial charge < -0.3 is 24.4 Å². The molecule has 1 saturated heterocycles. The predicted molar refractivity (Wildman–Crippen MR) is 118 cm³/mol. The molecule has 172 valence electrons. The highest BCUT2D eigenvalue weighted by Gasteiger charge is 2.60. The number of rotatable bonds is 4. The molecule has 0 aromatic heterocycles. The fourth-order valence-corrected chi connectivity index (χ4v) is 5.10. The fraction of sp³-hybridized carbons (Fsp3) is 0.522. The number of hydrogen-bond acceptors (Lipinski definition) is 7. The van der Waals surface area contributed by atoms with Gasteiger partial charge in [0.15, 0.2) is 5.75 Å². The summed E-state index contributed by atoms with van der Waals surface area (Å²) < 4.78 is 16.7. The lowest BCUT2D eigenvalue weighted by molar-refractivity contribution is -0.130. The lowest BCUT2D eigenvalue weighted by Crippen LogP contribution is -2.56. The maximum atomic E-state index is 13.5. The summed E-state index contributed by atoms with van der Waals surface area (Å²) in [5.74, 6) is -0.532. The number of carbonyl (C=O) groups is 3. The molecular formula is C23H27ClN2O6. The Hall–Kier alpha value is -2.74. The maximum Gasteiger partial charge on any atom is 0.236 e. The van der Waals surface area contributed by atoms with Gasteiger partial charge in [-0.15, -0.1) is 0 Å². The smallest absolute Gasteiger partial charge is 0.236 e. The van der Waals surface area contributed by atoms with Crippen LogP contribution in [0, 0.1) is 5.92 Å². The second-order valence-corrected chi connectivity index (χ2v) is 8.91. The summed E-state index contributed by atoms with van der Waals surface area (Å²) in [7, 11) is 2.89. The minimum absolute atomic E-state index is 0.0771. The Morgan fingerprint density at radius 1 is 1.22 bits per heavy atom. The number of amides is 1. The zero-order chi connectivity index (χ0) is 23.2. The second-order valence-electron chi connectivity index (χ2n) is 8.53. The Kier molecular flexibility index (Phi) is 5.83. The average molecular weight is 463 g/mol. The Labute approximate surface area is 191 Å². The number of piperidine rings is 1. The molecule has 0 bridgehead atoms. The molecule has 3 aliphatic rings. The summed E-state index contributed by atoms with van der Waals surface area (Å²) in [5, 5.41) is 3.57. The van der Waals surface area contributed by atoms with Crippen LogP contribution in [0.3, 0.4) is 0 Å². The number of Topliss-reactive ketones (excluding diaryl/α,β-unsaturated/α-hetero) is 1. The van der Waals surface area contributed by atoms with Crippen molar-refractivity contribution in [2.45, 2.75) is 44.8 Å². The Balaban J connectivity index is 1.59. The van der Waals surface area contributed by atoms with Gasteiger partial charge in [-0.05, 0) is 19.3 Å². The molecule has 2 atom stereocenters. The molecule has 2 heterocycles. The summed E-state index contributed by atoms with van der Waals surface area (Å²) >= 11 is 6.41. The number of halogens is 1. The number of nitrogens with zero attached hydrogens (tertiary/aromatic N) is 1. The van der Waals surface area contributed by atoms with E-state index >= 15 is 0 Å². The summed E-state index contributed by atoms with van der Waals surface area (Å²) in [6.07, 6.45) is 3.55. The van der Waals surface area contributed by atoms with Gasteiger partial charge in [0, 0.05) is 49.8 Å². The molecule has 4 rings (SSSR count). The monoisotopic (exact) mass is 462 g/mol. The van der Waals surface area contributed by atoms with E-state index in [9.17, 15) is 14.4 Å². The summed E-state index contributed by atoms with van der Waals surface area (Å²) in [5.41, 5.74) is -0.730. The van der Waals surface area contributed by atoms with Crippen LogP contribution in [0.25, 0.3) is 0 Å². The van der Waals surface area contributed by atoms with E-state index < -0.39 is 23.1 Å². The summed E-state index contributed by atoms with van der Waals surface area (Å²) in [6, 6.07) is 1.69. The molecule has 0 unspecified atom stereocenters. The number of fused-ring (bicyclic) bond motifs is 1. The van der Waals surface area contributed by atoms with Crippen molar-refractivity contribution in [3.05, 3.63) is 28.4 Å². The van der Waals surface area contributed by atoms with Gasteiger partial charge in [-0.25, -0.2) is 0 Å². The van der Waals surface area contributed by atoms with Crippen LogP contribution in [0.15, 0.2) is 17.8 Å². The third-order valence-corrected chi connectivity index (χ3v) is 7.00. The van der Waals surface area contributed by atoms with Gasteiger partial charge in [-0.3, -0.25) is 14.4 Å². The molecule has 9 heteroatoms. The fourth-order valence-electron chi connectivity index (χ4n) is 4.83. The minimum atomic E-state index is -1.67. The lowest BCUT2D eigenvalue weighted by Gasteiger charge is -2.37. The number of allylic oxidation sites excluding steroid dienone is 1. The van der Waals surface area contributed by atoms with E-state index in [1.165, 1.54) is 26.4 Å². The Bertz CT molecular complexity index is 1010. The lowest BCUT2D eigenvalue weighted by atomic mass is 9.74. The van der Waals surface area contributed by atoms with Gasteiger partial charge in [0.05, 0.1) is 14.2 Å². The van der Waals surface area contributed by atoms with E-state index in [0.717, 1.165) is 18.5 Å². The quantitative estimate of drug-likeness (QED) is 0.687. The third-order valence-electron chi connectivity index (χ3n) is 6.64. The number of likely N-dealkylation sites (tertiary alicyclic amines) is 1. The van der Waals surface area contributed by atoms with Crippen molar-refractivity contribution in [1.82, 2.24) is 10.2 Å². The van der Waals surface area contributed by atoms with Crippen molar-refractivity contribution in [2.24, 2.45) is 5.92 Å². The van der Waals surface area contributed by atoms with Gasteiger partial charge in [-0.1, -0.05) is 18.5 Å². The zero-order valence-electron chi connectivity index (χ0n) is 18.6. The van der Waals surface area contributed by atoms with Crippen LogP contribution >= 0.6 is 11.6 Å². The summed E-state index contributed by atoms with van der Waals surface area (Å²) in [4.78, 5) is 40.2. The van der Waals surface area contributed by atoms with Gasteiger partial charge in [0.25, 0.3) is 0 Å². The molecule has 1 aliphatic carbocycles. The molecule has 32 heavy (non-hydrogen) atoms. The van der Waals surface area contributed by atoms with E-state index in [2.05, 4.69) is 5.32 Å². The van der Waals surface area contributed by atoms with Gasteiger partial charge in [0.1, 0.15) is 22.1 Å². The highest BCUT2D eigenvalue weighted by molar-refractivity contribution is 6.36. The van der Waals surface area contributed by atoms with Crippen molar-refractivity contribution in [3.8, 4) is 17.2 Å². The van der Waals surface area contributed by atoms with Crippen LogP contribution in [-0.2, 0) is 9.59 Å². The van der Waals surface area contributed by atoms with Crippen molar-refractivity contribution >= 4 is 29.1 Å². The normalized spacial score (nSPS) is 25.3. The predicted octanol–water partition coefficient (Wildman–Crippen LogP) is 2.76. The molecule has 1 aromatic carbocycles. The van der Waals surface area contributed by atoms with Crippen LogP contribution < -0.4 is 19.5 Å². The first kappa shape index (κ1) is 22.5. The van der Waals surface area contributed by atoms with Gasteiger partial charge in [0.2, 0.25) is 23.1 Å². The van der Waals surface area contributed by atoms with E-state index in [-0.39, 0.29) is 34.0 Å². The maximum absolute atomic E-state index is 13.5. The number of ketones is 2. The van der Waals surface area contributed by atoms with Gasteiger partial charge >= 0.3 is 0 Å². The van der Waals surface area contributed by atoms with Crippen molar-refractivity contribution in [3.63, 3.8) is 0 Å². The average Bonchev–Trinajstić information content (AvgIpc) is 3.08. The number of ether oxygens (including phenoxy) is 3. The number of nitrogens with one attached hydrogen (secondary N) is 1. The Morgan fingerprint density at radius 2 is 1.88 bits per heavy atom. The molecule has 1 amide bonds. The molecular weight excluding hydrogens is 436 g/mol. The number of benzene rings is 1. The molecule has 2 aliphatic heterocycles. The van der Waals surface area contributed by atoms with Crippen LogP contribution in [0.2, 0.25) is 5.02 Å². The van der Waals surface area contributed by atoms with Crippen LogP contribution in [0.4, 0.5) is 0 Å². The third kappa shape index (κ3) is 3.41.